The highest BCUT2D eigenvalue weighted by Crippen LogP contribution is 2.42. The number of carbonyl (C=O) groups excluding carboxylic acids is 2. The Morgan fingerprint density at radius 1 is 1.17 bits per heavy atom. The molecule has 0 aromatic heterocycles. The van der Waals surface area contributed by atoms with Gasteiger partial charge in [-0.25, -0.2) is 9.59 Å². The Balaban J connectivity index is 0.00000300. The second-order valence-electron chi connectivity index (χ2n) is 8.42. The van der Waals surface area contributed by atoms with E-state index in [0.29, 0.717) is 29.6 Å². The summed E-state index contributed by atoms with van der Waals surface area (Å²) in [5.74, 6) is -0.909. The Kier molecular flexibility index (Phi) is 7.83. The molecule has 3 atom stereocenters. The summed E-state index contributed by atoms with van der Waals surface area (Å²) in [5.41, 5.74) is -1.00. The van der Waals surface area contributed by atoms with Gasteiger partial charge in [-0.3, -0.25) is 0 Å². The number of hydrogen-bond acceptors (Lipinski definition) is 5. The summed E-state index contributed by atoms with van der Waals surface area (Å²) in [6, 6.07) is 9.15. The van der Waals surface area contributed by atoms with Gasteiger partial charge in [0.1, 0.15) is 6.54 Å². The number of carbonyl (C=O) groups is 2. The first-order chi connectivity index (χ1) is 13.4. The first-order valence-corrected chi connectivity index (χ1v) is 10.4. The van der Waals surface area contributed by atoms with E-state index >= 15 is 0 Å². The Morgan fingerprint density at radius 3 is 2.45 bits per heavy atom. The van der Waals surface area contributed by atoms with E-state index in [9.17, 15) is 14.7 Å². The van der Waals surface area contributed by atoms with Crippen molar-refractivity contribution < 1.29 is 28.7 Å². The molecule has 1 saturated carbocycles. The lowest BCUT2D eigenvalue weighted by Crippen LogP contribution is -2.48. The molecule has 0 spiro atoms. The van der Waals surface area contributed by atoms with Crippen molar-refractivity contribution in [1.29, 1.82) is 0 Å². The van der Waals surface area contributed by atoms with Crippen molar-refractivity contribution in [2.75, 3.05) is 33.3 Å². The van der Waals surface area contributed by atoms with Crippen molar-refractivity contribution in [3.8, 4) is 0 Å². The molecule has 6 nitrogen and oxygen atoms in total. The number of nitrogens with zero attached hydrogens (tertiary/aromatic N) is 1. The Bertz CT molecular complexity index is 688. The van der Waals surface area contributed by atoms with Crippen LogP contribution in [-0.2, 0) is 24.7 Å². The number of rotatable bonds is 7. The van der Waals surface area contributed by atoms with Crippen LogP contribution in [0.4, 0.5) is 0 Å². The molecule has 1 heterocycles. The number of ether oxygens (including phenoxy) is 2. The summed E-state index contributed by atoms with van der Waals surface area (Å²) >= 11 is 0. The number of likely N-dealkylation sites (N-methyl/N-ethyl adjacent to an activating group) is 1. The van der Waals surface area contributed by atoms with Crippen molar-refractivity contribution in [2.45, 2.75) is 58.2 Å². The molecular weight excluding hydrogens is 370 g/mol. The molecule has 29 heavy (non-hydrogen) atoms. The summed E-state index contributed by atoms with van der Waals surface area (Å²) in [6.45, 7) is 3.72. The summed E-state index contributed by atoms with van der Waals surface area (Å²) in [4.78, 5) is 25.0. The van der Waals surface area contributed by atoms with Crippen LogP contribution in [0.1, 0.15) is 52.0 Å². The molecule has 1 aliphatic heterocycles. The van der Waals surface area contributed by atoms with Gasteiger partial charge in [0.2, 0.25) is 0 Å². The molecule has 0 unspecified atom stereocenters. The van der Waals surface area contributed by atoms with Crippen LogP contribution >= 0.6 is 0 Å². The minimum atomic E-state index is -1.61. The Hall–Kier alpha value is -1.92. The molecule has 6 heteroatoms. The first kappa shape index (κ1) is 23.4. The molecular formula is C23H36NO5+. The molecule has 0 amide bonds. The number of benzene rings is 1. The summed E-state index contributed by atoms with van der Waals surface area (Å²) in [7, 11) is 1.98. The number of hydrogen-bond donors (Lipinski definition) is 1. The second kappa shape index (κ2) is 9.72. The Labute approximate surface area is 174 Å². The highest BCUT2D eigenvalue weighted by atomic mass is 16.6. The van der Waals surface area contributed by atoms with Gasteiger partial charge in [-0.1, -0.05) is 50.6 Å². The van der Waals surface area contributed by atoms with Crippen LogP contribution in [-0.4, -0.2) is 60.9 Å². The lowest BCUT2D eigenvalue weighted by molar-refractivity contribution is -0.891. The predicted octanol–water partition coefficient (Wildman–Crippen LogP) is 3.03. The maximum absolute atomic E-state index is 13.2. The zero-order chi connectivity index (χ0) is 20.2. The average molecular weight is 407 g/mol. The smallest absolute Gasteiger partial charge is 0.361 e. The molecule has 2 aliphatic rings. The van der Waals surface area contributed by atoms with Crippen LogP contribution in [0, 0.1) is 5.92 Å². The fourth-order valence-electron chi connectivity index (χ4n) is 4.69. The molecule has 1 N–H and O–H groups in total. The molecule has 162 valence electrons. The van der Waals surface area contributed by atoms with Crippen LogP contribution in [0.2, 0.25) is 0 Å². The fraction of sp³-hybridized carbons (Fsp3) is 0.652. The zero-order valence-electron chi connectivity index (χ0n) is 16.9. The van der Waals surface area contributed by atoms with Gasteiger partial charge in [-0.05, 0) is 25.3 Å². The van der Waals surface area contributed by atoms with Gasteiger partial charge in [0.15, 0.2) is 18.2 Å². The lowest BCUT2D eigenvalue weighted by atomic mass is 9.80. The standard InChI is InChI=1S/C22H32NO5.CH4/c1-3-27-20(24)16-23(2)14-13-19(15-23)28-21(25)22(26,18-11-7-8-12-18)17-9-5-4-6-10-17;/h4-6,9-10,18-19,26H,3,7-8,11-16H2,1-2H3;1H4/q+1;/t19-,22+,23-;/m1./s1. The molecule has 0 radical (unpaired) electrons. The SMILES string of the molecule is C.CCOC(=O)C[N@+]1(C)CC[C@@H](OC(=O)[C@](O)(c2ccccc2)C2CCCC2)C1. The van der Waals surface area contributed by atoms with Gasteiger partial charge in [-0.15, -0.1) is 0 Å². The van der Waals surface area contributed by atoms with E-state index in [1.807, 2.05) is 25.2 Å². The fourth-order valence-corrected chi connectivity index (χ4v) is 4.69. The van der Waals surface area contributed by atoms with Crippen molar-refractivity contribution in [2.24, 2.45) is 5.92 Å². The number of likely N-dealkylation sites (tertiary alicyclic amines) is 1. The molecule has 1 aromatic carbocycles. The van der Waals surface area contributed by atoms with Gasteiger partial charge in [-0.2, -0.15) is 0 Å². The number of esters is 2. The van der Waals surface area contributed by atoms with Gasteiger partial charge in [0.05, 0.1) is 20.2 Å². The maximum Gasteiger partial charge on any atom is 0.361 e. The van der Waals surface area contributed by atoms with Crippen molar-refractivity contribution in [1.82, 2.24) is 0 Å². The molecule has 2 fully saturated rings. The Morgan fingerprint density at radius 2 is 1.83 bits per heavy atom. The maximum atomic E-state index is 13.2. The van der Waals surface area contributed by atoms with Crippen molar-refractivity contribution >= 4 is 11.9 Å². The molecule has 1 saturated heterocycles. The summed E-state index contributed by atoms with van der Waals surface area (Å²) in [6.07, 6.45) is 4.06. The quantitative estimate of drug-likeness (QED) is 0.557. The van der Waals surface area contributed by atoms with Crippen LogP contribution < -0.4 is 0 Å². The van der Waals surface area contributed by atoms with Crippen LogP contribution in [0.5, 0.6) is 0 Å². The zero-order valence-corrected chi connectivity index (χ0v) is 16.9. The van der Waals surface area contributed by atoms with E-state index in [4.69, 9.17) is 9.47 Å². The molecule has 1 aliphatic carbocycles. The monoisotopic (exact) mass is 406 g/mol. The van der Waals surface area contributed by atoms with Gasteiger partial charge < -0.3 is 19.1 Å². The number of quaternary nitrogens is 1. The van der Waals surface area contributed by atoms with Gasteiger partial charge in [0.25, 0.3) is 0 Å². The van der Waals surface area contributed by atoms with E-state index in [2.05, 4.69) is 0 Å². The van der Waals surface area contributed by atoms with E-state index in [1.54, 1.807) is 19.1 Å². The van der Waals surface area contributed by atoms with Crippen LogP contribution in [0.15, 0.2) is 30.3 Å². The average Bonchev–Trinajstić information content (AvgIpc) is 3.32. The van der Waals surface area contributed by atoms with Crippen LogP contribution in [0.25, 0.3) is 0 Å². The van der Waals surface area contributed by atoms with Gasteiger partial charge in [0, 0.05) is 12.3 Å². The van der Waals surface area contributed by atoms with E-state index in [1.165, 1.54) is 0 Å². The minimum absolute atomic E-state index is 0. The van der Waals surface area contributed by atoms with E-state index < -0.39 is 11.6 Å². The summed E-state index contributed by atoms with van der Waals surface area (Å²) in [5, 5.41) is 11.5. The van der Waals surface area contributed by atoms with Crippen molar-refractivity contribution in [3.05, 3.63) is 35.9 Å². The van der Waals surface area contributed by atoms with E-state index in [-0.39, 0.29) is 32.0 Å². The van der Waals surface area contributed by atoms with Crippen LogP contribution in [0.3, 0.4) is 0 Å². The normalized spacial score (nSPS) is 26.4. The topological polar surface area (TPSA) is 72.8 Å². The molecule has 3 rings (SSSR count). The van der Waals surface area contributed by atoms with Crippen molar-refractivity contribution in [3.63, 3.8) is 0 Å². The molecule has 1 aromatic rings. The third-order valence-electron chi connectivity index (χ3n) is 6.20. The second-order valence-corrected chi connectivity index (χ2v) is 8.42. The number of aliphatic hydroxyl groups is 1. The predicted molar refractivity (Wildman–Crippen MR) is 111 cm³/mol. The lowest BCUT2D eigenvalue weighted by Gasteiger charge is -2.33. The van der Waals surface area contributed by atoms with Gasteiger partial charge >= 0.3 is 11.9 Å². The third-order valence-corrected chi connectivity index (χ3v) is 6.20. The highest BCUT2D eigenvalue weighted by molar-refractivity contribution is 5.81. The van der Waals surface area contributed by atoms with E-state index in [0.717, 1.165) is 32.2 Å². The third kappa shape index (κ3) is 5.17. The minimum Gasteiger partial charge on any atom is -0.462 e. The molecule has 0 bridgehead atoms. The highest BCUT2D eigenvalue weighted by Gasteiger charge is 2.50. The summed E-state index contributed by atoms with van der Waals surface area (Å²) < 4.78 is 11.4. The largest absolute Gasteiger partial charge is 0.462 e. The first-order valence-electron chi connectivity index (χ1n) is 10.4.